The molecular formula is C13H14FN3O. The Kier molecular flexibility index (Phi) is 3.78. The summed E-state index contributed by atoms with van der Waals surface area (Å²) in [5.74, 6) is -0.538. The number of benzene rings is 1. The van der Waals surface area contributed by atoms with Crippen LogP contribution in [0.1, 0.15) is 24.8 Å². The fraction of sp³-hybridized carbons (Fsp3) is 0.385. The van der Waals surface area contributed by atoms with Gasteiger partial charge in [0.15, 0.2) is 0 Å². The Balaban J connectivity index is 1.77. The first-order valence-electron chi connectivity index (χ1n) is 5.92. The van der Waals surface area contributed by atoms with Gasteiger partial charge in [0.1, 0.15) is 11.9 Å². The second kappa shape index (κ2) is 5.50. The van der Waals surface area contributed by atoms with Crippen LogP contribution in [0.2, 0.25) is 0 Å². The first kappa shape index (κ1) is 12.4. The molecule has 1 aromatic rings. The summed E-state index contributed by atoms with van der Waals surface area (Å²) in [7, 11) is 0. The molecule has 1 amide bonds. The Morgan fingerprint density at radius 1 is 1.50 bits per heavy atom. The smallest absolute Gasteiger partial charge is 0.221 e. The Morgan fingerprint density at radius 2 is 2.28 bits per heavy atom. The van der Waals surface area contributed by atoms with E-state index in [9.17, 15) is 9.18 Å². The summed E-state index contributed by atoms with van der Waals surface area (Å²) in [6, 6.07) is 6.43. The van der Waals surface area contributed by atoms with Crippen LogP contribution in [0.15, 0.2) is 18.2 Å². The highest BCUT2D eigenvalue weighted by Gasteiger charge is 2.22. The molecule has 2 rings (SSSR count). The van der Waals surface area contributed by atoms with E-state index in [1.165, 1.54) is 12.1 Å². The molecule has 1 fully saturated rings. The van der Waals surface area contributed by atoms with Crippen molar-refractivity contribution in [3.63, 3.8) is 0 Å². The molecule has 1 aliphatic carbocycles. The van der Waals surface area contributed by atoms with Crippen LogP contribution in [0.3, 0.4) is 0 Å². The number of nitriles is 1. The zero-order chi connectivity index (χ0) is 13.0. The van der Waals surface area contributed by atoms with Gasteiger partial charge in [0.2, 0.25) is 5.91 Å². The number of nitrogens with zero attached hydrogens (tertiary/aromatic N) is 1. The molecule has 0 radical (unpaired) electrons. The van der Waals surface area contributed by atoms with Crippen molar-refractivity contribution < 1.29 is 9.18 Å². The first-order valence-corrected chi connectivity index (χ1v) is 5.92. The molecule has 1 aromatic carbocycles. The average Bonchev–Trinajstić information content (AvgIpc) is 3.13. The first-order chi connectivity index (χ1) is 8.69. The minimum Gasteiger partial charge on any atom is -0.384 e. The Hall–Kier alpha value is -2.09. The van der Waals surface area contributed by atoms with Crippen molar-refractivity contribution in [2.45, 2.75) is 25.3 Å². The Morgan fingerprint density at radius 3 is 2.89 bits per heavy atom. The van der Waals surface area contributed by atoms with Crippen molar-refractivity contribution in [2.75, 3.05) is 11.9 Å². The monoisotopic (exact) mass is 247 g/mol. The van der Waals surface area contributed by atoms with Crippen molar-refractivity contribution in [1.29, 1.82) is 5.26 Å². The number of nitrogens with one attached hydrogen (secondary N) is 2. The molecule has 0 aliphatic heterocycles. The predicted octanol–water partition coefficient (Wildman–Crippen LogP) is 1.78. The van der Waals surface area contributed by atoms with E-state index in [2.05, 4.69) is 10.6 Å². The maximum atomic E-state index is 13.3. The van der Waals surface area contributed by atoms with Crippen LogP contribution in [-0.4, -0.2) is 18.5 Å². The highest BCUT2D eigenvalue weighted by atomic mass is 19.1. The molecule has 0 aromatic heterocycles. The van der Waals surface area contributed by atoms with E-state index in [4.69, 9.17) is 5.26 Å². The van der Waals surface area contributed by atoms with Gasteiger partial charge in [-0.05, 0) is 31.0 Å². The van der Waals surface area contributed by atoms with Crippen LogP contribution in [0.5, 0.6) is 0 Å². The number of rotatable bonds is 5. The summed E-state index contributed by atoms with van der Waals surface area (Å²) in [6.45, 7) is 0.448. The molecule has 2 N–H and O–H groups in total. The number of hydrogen-bond donors (Lipinski definition) is 2. The zero-order valence-electron chi connectivity index (χ0n) is 9.87. The maximum Gasteiger partial charge on any atom is 0.221 e. The van der Waals surface area contributed by atoms with E-state index in [1.54, 1.807) is 12.1 Å². The molecular weight excluding hydrogens is 233 g/mol. The highest BCUT2D eigenvalue weighted by molar-refractivity contribution is 5.77. The Labute approximate surface area is 105 Å². The van der Waals surface area contributed by atoms with E-state index in [0.717, 1.165) is 12.8 Å². The molecule has 4 nitrogen and oxygen atoms in total. The fourth-order valence-electron chi connectivity index (χ4n) is 1.56. The fourth-order valence-corrected chi connectivity index (χ4v) is 1.56. The summed E-state index contributed by atoms with van der Waals surface area (Å²) in [5.41, 5.74) is 0.595. The van der Waals surface area contributed by atoms with Crippen molar-refractivity contribution >= 4 is 11.6 Å². The third-order valence-electron chi connectivity index (χ3n) is 2.71. The van der Waals surface area contributed by atoms with Gasteiger partial charge < -0.3 is 10.6 Å². The van der Waals surface area contributed by atoms with Gasteiger partial charge in [-0.1, -0.05) is 0 Å². The standard InChI is InChI=1S/C13H14FN3O/c14-12-7-11(2-1-9(12)8-15)16-6-5-13(18)17-10-3-4-10/h1-2,7,10,16H,3-6H2,(H,17,18). The third-order valence-corrected chi connectivity index (χ3v) is 2.71. The summed E-state index contributed by atoms with van der Waals surface area (Å²) in [4.78, 5) is 11.4. The van der Waals surface area contributed by atoms with E-state index in [-0.39, 0.29) is 11.5 Å². The number of carbonyl (C=O) groups excluding carboxylic acids is 1. The van der Waals surface area contributed by atoms with Crippen molar-refractivity contribution in [3.05, 3.63) is 29.6 Å². The number of halogens is 1. The largest absolute Gasteiger partial charge is 0.384 e. The molecule has 94 valence electrons. The van der Waals surface area contributed by atoms with Crippen LogP contribution in [0.4, 0.5) is 10.1 Å². The van der Waals surface area contributed by atoms with Gasteiger partial charge >= 0.3 is 0 Å². The van der Waals surface area contributed by atoms with Gasteiger partial charge in [-0.3, -0.25) is 4.79 Å². The average molecular weight is 247 g/mol. The summed E-state index contributed by atoms with van der Waals surface area (Å²) in [5, 5.41) is 14.4. The SMILES string of the molecule is N#Cc1ccc(NCCC(=O)NC2CC2)cc1F. The van der Waals surface area contributed by atoms with Gasteiger partial charge in [-0.2, -0.15) is 5.26 Å². The second-order valence-corrected chi connectivity index (χ2v) is 4.32. The van der Waals surface area contributed by atoms with Gasteiger partial charge in [0, 0.05) is 24.7 Å². The molecule has 1 saturated carbocycles. The minimum absolute atomic E-state index is 0.0131. The topological polar surface area (TPSA) is 64.9 Å². The molecule has 0 atom stereocenters. The maximum absolute atomic E-state index is 13.3. The normalized spacial score (nSPS) is 13.8. The molecule has 5 heteroatoms. The van der Waals surface area contributed by atoms with Crippen LogP contribution in [0, 0.1) is 17.1 Å². The summed E-state index contributed by atoms with van der Waals surface area (Å²) in [6.07, 6.45) is 2.50. The summed E-state index contributed by atoms with van der Waals surface area (Å²) >= 11 is 0. The Bertz CT molecular complexity index is 491. The number of anilines is 1. The lowest BCUT2D eigenvalue weighted by Gasteiger charge is -2.07. The molecule has 0 heterocycles. The van der Waals surface area contributed by atoms with Crippen molar-refractivity contribution in [1.82, 2.24) is 5.32 Å². The van der Waals surface area contributed by atoms with E-state index in [0.29, 0.717) is 24.7 Å². The van der Waals surface area contributed by atoms with Gasteiger partial charge in [0.25, 0.3) is 0 Å². The van der Waals surface area contributed by atoms with E-state index >= 15 is 0 Å². The van der Waals surface area contributed by atoms with Crippen LogP contribution in [-0.2, 0) is 4.79 Å². The lowest BCUT2D eigenvalue weighted by atomic mass is 10.2. The number of amides is 1. The minimum atomic E-state index is -0.551. The van der Waals surface area contributed by atoms with Crippen molar-refractivity contribution in [3.8, 4) is 6.07 Å². The molecule has 18 heavy (non-hydrogen) atoms. The number of carbonyl (C=O) groups is 1. The summed E-state index contributed by atoms with van der Waals surface area (Å²) < 4.78 is 13.3. The van der Waals surface area contributed by atoms with Crippen molar-refractivity contribution in [2.24, 2.45) is 0 Å². The van der Waals surface area contributed by atoms with Crippen LogP contribution in [0.25, 0.3) is 0 Å². The second-order valence-electron chi connectivity index (χ2n) is 4.32. The third kappa shape index (κ3) is 3.45. The zero-order valence-corrected chi connectivity index (χ0v) is 9.87. The molecule has 1 aliphatic rings. The highest BCUT2D eigenvalue weighted by Crippen LogP contribution is 2.18. The van der Waals surface area contributed by atoms with Crippen LogP contribution >= 0.6 is 0 Å². The van der Waals surface area contributed by atoms with Gasteiger partial charge in [-0.15, -0.1) is 0 Å². The lowest BCUT2D eigenvalue weighted by Crippen LogP contribution is -2.27. The molecule has 0 bridgehead atoms. The lowest BCUT2D eigenvalue weighted by molar-refractivity contribution is -0.120. The quantitative estimate of drug-likeness (QED) is 0.833. The van der Waals surface area contributed by atoms with E-state index in [1.807, 2.05) is 0 Å². The van der Waals surface area contributed by atoms with Gasteiger partial charge in [-0.25, -0.2) is 4.39 Å². The molecule has 0 spiro atoms. The van der Waals surface area contributed by atoms with E-state index < -0.39 is 5.82 Å². The molecule has 0 unspecified atom stereocenters. The number of hydrogen-bond acceptors (Lipinski definition) is 3. The molecule has 0 saturated heterocycles. The van der Waals surface area contributed by atoms with Gasteiger partial charge in [0.05, 0.1) is 5.56 Å². The predicted molar refractivity (Wildman–Crippen MR) is 65.4 cm³/mol. The van der Waals surface area contributed by atoms with Crippen LogP contribution < -0.4 is 10.6 Å².